The number of thioether (sulfide) groups is 1. The fourth-order valence-electron chi connectivity index (χ4n) is 4.23. The van der Waals surface area contributed by atoms with Gasteiger partial charge >= 0.3 is 5.97 Å². The number of nitrogens with zero attached hydrogens (tertiary/aromatic N) is 2. The molecule has 2 aromatic carbocycles. The quantitative estimate of drug-likeness (QED) is 0.366. The van der Waals surface area contributed by atoms with E-state index in [9.17, 15) is 14.0 Å². The van der Waals surface area contributed by atoms with E-state index in [4.69, 9.17) is 14.6 Å². The lowest BCUT2D eigenvalue weighted by Crippen LogP contribution is -2.40. The van der Waals surface area contributed by atoms with Gasteiger partial charge in [0.2, 0.25) is 0 Å². The van der Waals surface area contributed by atoms with Gasteiger partial charge in [-0.2, -0.15) is 0 Å². The fraction of sp³-hybridized carbons (Fsp3) is 0.346. The lowest BCUT2D eigenvalue weighted by atomic mass is 9.94. The van der Waals surface area contributed by atoms with Crippen molar-refractivity contribution >= 4 is 56.5 Å². The van der Waals surface area contributed by atoms with Crippen LogP contribution < -0.4 is 9.47 Å². The van der Waals surface area contributed by atoms with Gasteiger partial charge in [-0.15, -0.1) is 0 Å². The molecule has 2 aliphatic rings. The molecule has 1 aliphatic carbocycles. The molecule has 1 aliphatic heterocycles. The van der Waals surface area contributed by atoms with Gasteiger partial charge < -0.3 is 14.6 Å². The average Bonchev–Trinajstić information content (AvgIpc) is 3.15. The minimum absolute atomic E-state index is 0.0210. The summed E-state index contributed by atoms with van der Waals surface area (Å²) in [6.07, 6.45) is 6.71. The van der Waals surface area contributed by atoms with E-state index in [0.717, 1.165) is 32.1 Å². The summed E-state index contributed by atoms with van der Waals surface area (Å²) in [6.45, 7) is 1.64. The van der Waals surface area contributed by atoms with E-state index < -0.39 is 18.4 Å². The van der Waals surface area contributed by atoms with Gasteiger partial charge in [0.25, 0.3) is 5.91 Å². The number of para-hydroxylation sites is 1. The van der Waals surface area contributed by atoms with Crippen molar-refractivity contribution in [1.82, 2.24) is 4.90 Å². The first kappa shape index (κ1) is 26.2. The average molecular weight is 577 g/mol. The number of carbonyl (C=O) groups excluding carboxylic acids is 1. The highest BCUT2D eigenvalue weighted by Gasteiger charge is 2.39. The van der Waals surface area contributed by atoms with Crippen molar-refractivity contribution in [2.24, 2.45) is 4.99 Å². The van der Waals surface area contributed by atoms with Crippen molar-refractivity contribution in [1.29, 1.82) is 0 Å². The van der Waals surface area contributed by atoms with E-state index in [2.05, 4.69) is 20.9 Å². The normalized spacial score (nSPS) is 18.8. The van der Waals surface area contributed by atoms with Crippen LogP contribution in [-0.2, 0) is 9.59 Å². The molecule has 1 heterocycles. The Morgan fingerprint density at radius 3 is 2.69 bits per heavy atom. The zero-order valence-corrected chi connectivity index (χ0v) is 22.1. The van der Waals surface area contributed by atoms with Gasteiger partial charge in [-0.1, -0.05) is 31.4 Å². The molecule has 0 bridgehead atoms. The van der Waals surface area contributed by atoms with Gasteiger partial charge in [-0.3, -0.25) is 9.69 Å². The number of aliphatic imine (C=N–C) groups is 1. The van der Waals surface area contributed by atoms with Crippen molar-refractivity contribution in [2.75, 3.05) is 13.2 Å². The Bertz CT molecular complexity index is 1210. The van der Waals surface area contributed by atoms with E-state index in [1.165, 1.54) is 17.8 Å². The Balaban J connectivity index is 1.70. The van der Waals surface area contributed by atoms with Crippen LogP contribution in [0.3, 0.4) is 0 Å². The number of hydrogen-bond acceptors (Lipinski definition) is 6. The van der Waals surface area contributed by atoms with Gasteiger partial charge in [0, 0.05) is 6.04 Å². The predicted molar refractivity (Wildman–Crippen MR) is 141 cm³/mol. The number of halogens is 2. The van der Waals surface area contributed by atoms with Crippen molar-refractivity contribution in [3.63, 3.8) is 0 Å². The second-order valence-electron chi connectivity index (χ2n) is 8.37. The van der Waals surface area contributed by atoms with Crippen LogP contribution in [0.4, 0.5) is 10.1 Å². The number of amides is 1. The molecule has 190 valence electrons. The van der Waals surface area contributed by atoms with Crippen molar-refractivity contribution in [3.05, 3.63) is 57.2 Å². The third kappa shape index (κ3) is 6.10. The highest BCUT2D eigenvalue weighted by Crippen LogP contribution is 2.41. The van der Waals surface area contributed by atoms with E-state index in [0.29, 0.717) is 32.5 Å². The third-order valence-electron chi connectivity index (χ3n) is 5.81. The smallest absolute Gasteiger partial charge is 0.341 e. The third-order valence-corrected chi connectivity index (χ3v) is 7.39. The van der Waals surface area contributed by atoms with Crippen LogP contribution in [-0.4, -0.2) is 46.3 Å². The Hall–Kier alpha value is -2.85. The SMILES string of the molecule is CCOc1cc(/C=C2\SC(=Nc3ccccc3F)N(C3CCCCC3)C2=O)cc(Br)c1OCC(=O)O. The maximum Gasteiger partial charge on any atom is 0.341 e. The summed E-state index contributed by atoms with van der Waals surface area (Å²) in [6, 6.07) is 9.72. The number of carboxylic acids is 1. The van der Waals surface area contributed by atoms with E-state index in [-0.39, 0.29) is 23.4 Å². The van der Waals surface area contributed by atoms with Gasteiger partial charge in [-0.25, -0.2) is 14.2 Å². The van der Waals surface area contributed by atoms with Crippen molar-refractivity contribution < 1.29 is 28.6 Å². The van der Waals surface area contributed by atoms with Gasteiger partial charge in [0.05, 0.1) is 16.0 Å². The molecule has 1 N–H and O–H groups in total. The fourth-order valence-corrected chi connectivity index (χ4v) is 5.86. The molecule has 1 saturated heterocycles. The summed E-state index contributed by atoms with van der Waals surface area (Å²) in [4.78, 5) is 31.2. The Morgan fingerprint density at radius 2 is 2.00 bits per heavy atom. The van der Waals surface area contributed by atoms with Crippen LogP contribution in [0, 0.1) is 5.82 Å². The van der Waals surface area contributed by atoms with Crippen LogP contribution in [0.1, 0.15) is 44.6 Å². The number of benzene rings is 2. The first-order valence-corrected chi connectivity index (χ1v) is 13.4. The van der Waals surface area contributed by atoms with Crippen LogP contribution >= 0.6 is 27.7 Å². The summed E-state index contributed by atoms with van der Waals surface area (Å²) in [5.41, 5.74) is 0.857. The Kier molecular flexibility index (Phi) is 8.68. The molecule has 4 rings (SSSR count). The molecule has 0 radical (unpaired) electrons. The van der Waals surface area contributed by atoms with Gasteiger partial charge in [-0.05, 0) is 83.4 Å². The van der Waals surface area contributed by atoms with Crippen LogP contribution in [0.15, 0.2) is 50.8 Å². The minimum atomic E-state index is -1.10. The summed E-state index contributed by atoms with van der Waals surface area (Å²) in [7, 11) is 0. The van der Waals surface area contributed by atoms with Gasteiger partial charge in [0.15, 0.2) is 23.3 Å². The van der Waals surface area contributed by atoms with E-state index in [1.807, 2.05) is 6.92 Å². The largest absolute Gasteiger partial charge is 0.490 e. The molecule has 1 saturated carbocycles. The number of aliphatic carboxylic acids is 1. The van der Waals surface area contributed by atoms with Crippen molar-refractivity contribution in [3.8, 4) is 11.5 Å². The molecule has 0 aromatic heterocycles. The maximum absolute atomic E-state index is 14.4. The molecule has 10 heteroatoms. The highest BCUT2D eigenvalue weighted by atomic mass is 79.9. The molecule has 0 spiro atoms. The van der Waals surface area contributed by atoms with Crippen molar-refractivity contribution in [2.45, 2.75) is 45.1 Å². The predicted octanol–water partition coefficient (Wildman–Crippen LogP) is 6.39. The lowest BCUT2D eigenvalue weighted by Gasteiger charge is -2.30. The van der Waals surface area contributed by atoms with Crippen LogP contribution in [0.25, 0.3) is 6.08 Å². The number of amidine groups is 1. The zero-order valence-electron chi connectivity index (χ0n) is 19.7. The molecular weight excluding hydrogens is 551 g/mol. The van der Waals surface area contributed by atoms with Gasteiger partial charge in [0.1, 0.15) is 11.5 Å². The first-order chi connectivity index (χ1) is 17.4. The summed E-state index contributed by atoms with van der Waals surface area (Å²) in [5.74, 6) is -1.08. The number of carboxylic acid groups (broad SMARTS) is 1. The standard InChI is InChI=1S/C26H26BrFN2O5S/c1-2-34-21-13-16(12-18(27)24(21)35-15-23(31)32)14-22-25(33)30(17-8-4-3-5-9-17)26(36-22)29-20-11-7-6-10-19(20)28/h6-7,10-14,17H,2-5,8-9,15H2,1H3,(H,31,32)/b22-14-,29-26?. The molecule has 0 unspecified atom stereocenters. The van der Waals surface area contributed by atoms with E-state index >= 15 is 0 Å². The monoisotopic (exact) mass is 576 g/mol. The molecule has 2 aromatic rings. The highest BCUT2D eigenvalue weighted by molar-refractivity contribution is 9.10. The van der Waals surface area contributed by atoms with Crippen LogP contribution in [0.2, 0.25) is 0 Å². The number of carbonyl (C=O) groups is 2. The lowest BCUT2D eigenvalue weighted by molar-refractivity contribution is -0.139. The molecule has 0 atom stereocenters. The number of ether oxygens (including phenoxy) is 2. The summed E-state index contributed by atoms with van der Waals surface area (Å²) < 4.78 is 25.9. The number of hydrogen-bond donors (Lipinski definition) is 1. The second kappa shape index (κ2) is 11.9. The molecule has 1 amide bonds. The number of rotatable bonds is 8. The Labute approximate surface area is 221 Å². The Morgan fingerprint density at radius 1 is 1.25 bits per heavy atom. The molecule has 7 nitrogen and oxygen atoms in total. The maximum atomic E-state index is 14.4. The molecular formula is C26H26BrFN2O5S. The summed E-state index contributed by atoms with van der Waals surface area (Å²) >= 11 is 4.64. The van der Waals surface area contributed by atoms with E-state index in [1.54, 1.807) is 41.3 Å². The second-order valence-corrected chi connectivity index (χ2v) is 10.2. The zero-order chi connectivity index (χ0) is 25.7. The summed E-state index contributed by atoms with van der Waals surface area (Å²) in [5, 5.41) is 9.44. The topological polar surface area (TPSA) is 88.4 Å². The molecule has 2 fully saturated rings. The molecule has 36 heavy (non-hydrogen) atoms. The van der Waals surface area contributed by atoms with Crippen LogP contribution in [0.5, 0.6) is 11.5 Å². The first-order valence-electron chi connectivity index (χ1n) is 11.7. The minimum Gasteiger partial charge on any atom is -0.490 e.